The van der Waals surface area contributed by atoms with Gasteiger partial charge in [-0.15, -0.1) is 0 Å². The lowest BCUT2D eigenvalue weighted by atomic mass is 10.1. The summed E-state index contributed by atoms with van der Waals surface area (Å²) in [5.41, 5.74) is 0. The molecule has 8 nitrogen and oxygen atoms in total. The van der Waals surface area contributed by atoms with E-state index in [1.54, 1.807) is 4.90 Å². The number of nitrogens with one attached hydrogen (secondary N) is 2. The fourth-order valence-corrected chi connectivity index (χ4v) is 3.86. The number of nitrogens with zero attached hydrogens (tertiary/aromatic N) is 4. The molecule has 1 amide bonds. The second-order valence-corrected chi connectivity index (χ2v) is 6.82. The summed E-state index contributed by atoms with van der Waals surface area (Å²) in [4.78, 5) is 22.8. The van der Waals surface area contributed by atoms with Gasteiger partial charge in [-0.25, -0.2) is 4.79 Å². The molecule has 1 atom stereocenters. The number of guanidine groups is 1. The Morgan fingerprint density at radius 1 is 1.17 bits per heavy atom. The molecule has 2 bridgehead atoms. The Morgan fingerprint density at radius 3 is 2.42 bits per heavy atom. The van der Waals surface area contributed by atoms with Crippen LogP contribution in [0, 0.1) is 0 Å². The van der Waals surface area contributed by atoms with Crippen molar-refractivity contribution in [2.75, 3.05) is 66.5 Å². The fraction of sp³-hybridized carbons (Fsp3) is 0.875. The molecule has 24 heavy (non-hydrogen) atoms. The van der Waals surface area contributed by atoms with Crippen LogP contribution in [0.1, 0.15) is 12.8 Å². The monoisotopic (exact) mass is 338 g/mol. The Labute approximate surface area is 144 Å². The van der Waals surface area contributed by atoms with E-state index in [0.29, 0.717) is 12.1 Å². The Bertz CT molecular complexity index is 455. The maximum absolute atomic E-state index is 11.5. The third-order valence-electron chi connectivity index (χ3n) is 5.39. The topological polar surface area (TPSA) is 72.4 Å². The molecule has 4 aliphatic heterocycles. The molecule has 1 unspecified atom stereocenters. The number of methoxy groups -OCH3 is 1. The van der Waals surface area contributed by atoms with Crippen LogP contribution in [-0.2, 0) is 4.74 Å². The van der Waals surface area contributed by atoms with Crippen molar-refractivity contribution in [2.45, 2.75) is 24.9 Å². The molecule has 4 fully saturated rings. The maximum atomic E-state index is 11.5. The Balaban J connectivity index is 1.40. The summed E-state index contributed by atoms with van der Waals surface area (Å²) in [5, 5.41) is 6.98. The van der Waals surface area contributed by atoms with E-state index >= 15 is 0 Å². The number of ether oxygens (including phenoxy) is 1. The molecule has 8 heteroatoms. The van der Waals surface area contributed by atoms with Gasteiger partial charge in [0.1, 0.15) is 0 Å². The standard InChI is InChI=1S/C16H30N6O2/c1-17-15(18-11-14-12-20-7-9-21(14)10-8-20)19-13-3-5-22(6-4-13)16(23)24-2/h13-14H,3-12H2,1-2H3,(H2,17,18,19). The van der Waals surface area contributed by atoms with Gasteiger partial charge in [0.2, 0.25) is 0 Å². The lowest BCUT2D eigenvalue weighted by molar-refractivity contribution is 0.0154. The number of piperidine rings is 1. The van der Waals surface area contributed by atoms with Gasteiger partial charge in [-0.3, -0.25) is 14.8 Å². The van der Waals surface area contributed by atoms with Crippen LogP contribution in [-0.4, -0.2) is 105 Å². The van der Waals surface area contributed by atoms with E-state index in [1.165, 1.54) is 33.3 Å². The van der Waals surface area contributed by atoms with Gasteiger partial charge in [0.25, 0.3) is 0 Å². The van der Waals surface area contributed by atoms with E-state index in [1.807, 2.05) is 7.05 Å². The van der Waals surface area contributed by atoms with Crippen molar-refractivity contribution < 1.29 is 9.53 Å². The number of hydrogen-bond acceptors (Lipinski definition) is 5. The number of aliphatic imine (C=N–C) groups is 1. The van der Waals surface area contributed by atoms with Crippen LogP contribution in [0.5, 0.6) is 0 Å². The number of carbonyl (C=O) groups excluding carboxylic acids is 1. The average Bonchev–Trinajstić information content (AvgIpc) is 2.66. The van der Waals surface area contributed by atoms with Gasteiger partial charge in [0.05, 0.1) is 7.11 Å². The van der Waals surface area contributed by atoms with Crippen LogP contribution in [0.3, 0.4) is 0 Å². The lowest BCUT2D eigenvalue weighted by Crippen LogP contribution is -2.64. The second kappa shape index (κ2) is 8.02. The minimum absolute atomic E-state index is 0.229. The van der Waals surface area contributed by atoms with Gasteiger partial charge in [0, 0.05) is 71.5 Å². The van der Waals surface area contributed by atoms with Crippen molar-refractivity contribution in [1.82, 2.24) is 25.3 Å². The Morgan fingerprint density at radius 2 is 1.88 bits per heavy atom. The molecule has 0 radical (unpaired) electrons. The first-order chi connectivity index (χ1) is 11.7. The zero-order valence-electron chi connectivity index (χ0n) is 14.8. The van der Waals surface area contributed by atoms with Crippen molar-refractivity contribution in [3.8, 4) is 0 Å². The minimum Gasteiger partial charge on any atom is -0.453 e. The molecule has 0 spiro atoms. The number of likely N-dealkylation sites (tertiary alicyclic amines) is 1. The third kappa shape index (κ3) is 4.10. The highest BCUT2D eigenvalue weighted by Crippen LogP contribution is 2.15. The van der Waals surface area contributed by atoms with Crippen LogP contribution >= 0.6 is 0 Å². The lowest BCUT2D eigenvalue weighted by Gasteiger charge is -2.47. The van der Waals surface area contributed by atoms with E-state index in [4.69, 9.17) is 4.74 Å². The normalized spacial score (nSPS) is 31.0. The molecule has 0 aliphatic carbocycles. The van der Waals surface area contributed by atoms with Gasteiger partial charge < -0.3 is 20.3 Å². The number of piperazine rings is 3. The molecule has 0 aromatic carbocycles. The van der Waals surface area contributed by atoms with Gasteiger partial charge in [-0.2, -0.15) is 0 Å². The summed E-state index contributed by atoms with van der Waals surface area (Å²) in [6.45, 7) is 8.33. The molecule has 0 saturated carbocycles. The summed E-state index contributed by atoms with van der Waals surface area (Å²) in [6, 6.07) is 0.927. The molecular formula is C16H30N6O2. The van der Waals surface area contributed by atoms with Crippen molar-refractivity contribution >= 4 is 12.1 Å². The number of amides is 1. The summed E-state index contributed by atoms with van der Waals surface area (Å²) < 4.78 is 4.78. The zero-order valence-corrected chi connectivity index (χ0v) is 14.8. The summed E-state index contributed by atoms with van der Waals surface area (Å²) in [5.74, 6) is 0.865. The van der Waals surface area contributed by atoms with Crippen LogP contribution in [0.4, 0.5) is 4.79 Å². The number of fused-ring (bicyclic) bond motifs is 3. The maximum Gasteiger partial charge on any atom is 0.409 e. The van der Waals surface area contributed by atoms with Crippen LogP contribution in [0.15, 0.2) is 4.99 Å². The average molecular weight is 338 g/mol. The smallest absolute Gasteiger partial charge is 0.409 e. The van der Waals surface area contributed by atoms with Gasteiger partial charge in [-0.05, 0) is 12.8 Å². The predicted molar refractivity (Wildman–Crippen MR) is 93.3 cm³/mol. The van der Waals surface area contributed by atoms with E-state index in [-0.39, 0.29) is 6.09 Å². The molecular weight excluding hydrogens is 308 g/mol. The molecule has 0 aromatic rings. The molecule has 4 aliphatic rings. The number of hydrogen-bond donors (Lipinski definition) is 2. The molecule has 2 N–H and O–H groups in total. The van der Waals surface area contributed by atoms with E-state index in [9.17, 15) is 4.79 Å². The molecule has 4 rings (SSSR count). The summed E-state index contributed by atoms with van der Waals surface area (Å²) >= 11 is 0. The number of rotatable bonds is 3. The Kier molecular flexibility index (Phi) is 5.78. The quantitative estimate of drug-likeness (QED) is 0.528. The highest BCUT2D eigenvalue weighted by atomic mass is 16.5. The van der Waals surface area contributed by atoms with Crippen molar-refractivity contribution in [3.05, 3.63) is 0 Å². The molecule has 136 valence electrons. The SMILES string of the molecule is CN=C(NCC1CN2CCN1CC2)NC1CCN(C(=O)OC)CC1. The van der Waals surface area contributed by atoms with E-state index in [0.717, 1.165) is 45.0 Å². The first kappa shape index (κ1) is 17.3. The van der Waals surface area contributed by atoms with Gasteiger partial charge >= 0.3 is 6.09 Å². The van der Waals surface area contributed by atoms with Gasteiger partial charge in [0.15, 0.2) is 5.96 Å². The van der Waals surface area contributed by atoms with Crippen molar-refractivity contribution in [3.63, 3.8) is 0 Å². The second-order valence-electron chi connectivity index (χ2n) is 6.82. The molecule has 4 heterocycles. The zero-order chi connectivity index (χ0) is 16.9. The number of carbonyl (C=O) groups is 1. The first-order valence-corrected chi connectivity index (χ1v) is 8.96. The fourth-order valence-electron chi connectivity index (χ4n) is 3.86. The highest BCUT2D eigenvalue weighted by molar-refractivity contribution is 5.80. The minimum atomic E-state index is -0.229. The van der Waals surface area contributed by atoms with Crippen LogP contribution < -0.4 is 10.6 Å². The van der Waals surface area contributed by atoms with E-state index in [2.05, 4.69) is 25.4 Å². The van der Waals surface area contributed by atoms with Crippen molar-refractivity contribution in [2.24, 2.45) is 4.99 Å². The summed E-state index contributed by atoms with van der Waals surface area (Å²) in [7, 11) is 3.25. The third-order valence-corrected chi connectivity index (χ3v) is 5.39. The van der Waals surface area contributed by atoms with Crippen LogP contribution in [0.25, 0.3) is 0 Å². The first-order valence-electron chi connectivity index (χ1n) is 8.96. The molecule has 4 saturated heterocycles. The van der Waals surface area contributed by atoms with Gasteiger partial charge in [-0.1, -0.05) is 0 Å². The largest absolute Gasteiger partial charge is 0.453 e. The van der Waals surface area contributed by atoms with Crippen LogP contribution in [0.2, 0.25) is 0 Å². The van der Waals surface area contributed by atoms with E-state index < -0.39 is 0 Å². The Hall–Kier alpha value is -1.54. The van der Waals surface area contributed by atoms with Crippen molar-refractivity contribution in [1.29, 1.82) is 0 Å². The highest BCUT2D eigenvalue weighted by Gasteiger charge is 2.31. The summed E-state index contributed by atoms with van der Waals surface area (Å²) in [6.07, 6.45) is 1.60. The predicted octanol–water partition coefficient (Wildman–Crippen LogP) is -0.618. The molecule has 0 aromatic heterocycles.